The molecule has 0 aliphatic rings. The number of aryl methyl sites for hydroxylation is 1. The van der Waals surface area contributed by atoms with E-state index in [9.17, 15) is 25.4 Å². The van der Waals surface area contributed by atoms with Crippen LogP contribution in [0.4, 0.5) is 5.69 Å². The molecule has 2 aromatic carbocycles. The summed E-state index contributed by atoms with van der Waals surface area (Å²) in [5.41, 5.74) is 0.141. The monoisotopic (exact) mass is 487 g/mol. The number of rotatable bonds is 5. The Labute approximate surface area is 200 Å². The van der Waals surface area contributed by atoms with Crippen LogP contribution in [0.3, 0.4) is 0 Å². The van der Waals surface area contributed by atoms with Crippen molar-refractivity contribution in [3.8, 4) is 17.8 Å². The van der Waals surface area contributed by atoms with Crippen LogP contribution < -0.4 is 14.8 Å². The van der Waals surface area contributed by atoms with Crippen molar-refractivity contribution in [2.24, 2.45) is 7.05 Å². The highest BCUT2D eigenvalue weighted by molar-refractivity contribution is 7.99. The number of aromatic nitrogens is 4. The predicted molar refractivity (Wildman–Crippen MR) is 126 cm³/mol. The molecule has 0 saturated carbocycles. The largest absolute Gasteiger partial charge is 0.311 e. The number of hydrogen-bond donors (Lipinski definition) is 0. The molecule has 0 amide bonds. The molecule has 0 spiro atoms. The van der Waals surface area contributed by atoms with Gasteiger partial charge in [0.25, 0.3) is 11.2 Å². The maximum Gasteiger partial charge on any atom is 0.283 e. The van der Waals surface area contributed by atoms with Crippen molar-refractivity contribution in [2.75, 3.05) is 0 Å². The number of benzene rings is 2. The van der Waals surface area contributed by atoms with Crippen LogP contribution in [0.5, 0.6) is 0 Å². The van der Waals surface area contributed by atoms with Gasteiger partial charge < -0.3 is 4.57 Å². The van der Waals surface area contributed by atoms with Crippen LogP contribution in [-0.4, -0.2) is 24.3 Å². The molecule has 0 atom stereocenters. The van der Waals surface area contributed by atoms with Gasteiger partial charge in [-0.3, -0.25) is 19.5 Å². The molecule has 4 rings (SSSR count). The maximum absolute atomic E-state index is 13.2. The van der Waals surface area contributed by atoms with Crippen LogP contribution in [0, 0.1) is 32.8 Å². The van der Waals surface area contributed by atoms with E-state index in [1.807, 2.05) is 12.1 Å². The van der Waals surface area contributed by atoms with Crippen LogP contribution in [0.1, 0.15) is 5.56 Å². The Morgan fingerprint density at radius 1 is 1.21 bits per heavy atom. The Morgan fingerprint density at radius 2 is 1.94 bits per heavy atom. The Kier molecular flexibility index (Phi) is 6.36. The summed E-state index contributed by atoms with van der Waals surface area (Å²) < 4.78 is 3.36. The molecule has 0 bridgehead atoms. The third-order valence-corrected chi connectivity index (χ3v) is 6.83. The second kappa shape index (κ2) is 9.54. The first-order chi connectivity index (χ1) is 16.4. The number of nitro groups is 1. The smallest absolute Gasteiger partial charge is 0.283 e. The number of nitriles is 2. The zero-order chi connectivity index (χ0) is 24.2. The van der Waals surface area contributed by atoms with E-state index in [0.29, 0.717) is 21.3 Å². The first-order valence-electron chi connectivity index (χ1n) is 9.56. The van der Waals surface area contributed by atoms with Crippen molar-refractivity contribution in [2.45, 2.75) is 10.1 Å². The SMILES string of the molecule is Cn1cnnc1Sc1ccc(/C=c2/sc(=C(C#N)C#N)n(-c3ccccc3)c2=O)cc1[N+](=O)[O-]. The minimum atomic E-state index is -0.505. The molecule has 0 aliphatic heterocycles. The van der Waals surface area contributed by atoms with Gasteiger partial charge in [0, 0.05) is 13.1 Å². The summed E-state index contributed by atoms with van der Waals surface area (Å²) in [7, 11) is 1.73. The fourth-order valence-corrected chi connectivity index (χ4v) is 4.95. The zero-order valence-corrected chi connectivity index (χ0v) is 19.1. The van der Waals surface area contributed by atoms with Gasteiger partial charge in [-0.25, -0.2) is 0 Å². The molecule has 34 heavy (non-hydrogen) atoms. The Balaban J connectivity index is 1.89. The summed E-state index contributed by atoms with van der Waals surface area (Å²) in [5.74, 6) is 0. The number of hydrogen-bond acceptors (Lipinski definition) is 9. The van der Waals surface area contributed by atoms with Gasteiger partial charge in [0.2, 0.25) is 0 Å². The third-order valence-electron chi connectivity index (χ3n) is 4.62. The number of nitrogens with zero attached hydrogens (tertiary/aromatic N) is 7. The zero-order valence-electron chi connectivity index (χ0n) is 17.4. The first kappa shape index (κ1) is 22.7. The summed E-state index contributed by atoms with van der Waals surface area (Å²) in [5, 5.41) is 38.7. The standard InChI is InChI=1S/C22H13N7O3S2/c1-27-13-25-26-22(27)34-18-8-7-14(9-17(18)29(31)32)10-19-20(30)28(16-5-3-2-4-6-16)21(33-19)15(11-23)12-24/h2-10,13H,1H3/b19-10+. The molecule has 2 aromatic heterocycles. The highest BCUT2D eigenvalue weighted by Gasteiger charge is 2.18. The molecular weight excluding hydrogens is 474 g/mol. The van der Waals surface area contributed by atoms with E-state index >= 15 is 0 Å². The van der Waals surface area contributed by atoms with Gasteiger partial charge >= 0.3 is 0 Å². The van der Waals surface area contributed by atoms with Gasteiger partial charge in [-0.05, 0) is 41.6 Å². The van der Waals surface area contributed by atoms with Crippen molar-refractivity contribution >= 4 is 40.4 Å². The van der Waals surface area contributed by atoms with Crippen molar-refractivity contribution in [3.63, 3.8) is 0 Å². The average molecular weight is 488 g/mol. The molecule has 0 radical (unpaired) electrons. The highest BCUT2D eigenvalue weighted by atomic mass is 32.2. The lowest BCUT2D eigenvalue weighted by Gasteiger charge is -2.03. The minimum absolute atomic E-state index is 0.150. The van der Waals surface area contributed by atoms with Gasteiger partial charge in [0.05, 0.1) is 20.0 Å². The van der Waals surface area contributed by atoms with Crippen LogP contribution in [0.2, 0.25) is 0 Å². The quantitative estimate of drug-likeness (QED) is 0.308. The van der Waals surface area contributed by atoms with E-state index in [4.69, 9.17) is 0 Å². The Hall–Kier alpha value is -4.52. The van der Waals surface area contributed by atoms with E-state index in [0.717, 1.165) is 23.1 Å². The molecule has 10 nitrogen and oxygen atoms in total. The Bertz CT molecular complexity index is 1660. The summed E-state index contributed by atoms with van der Waals surface area (Å²) in [6.45, 7) is 0. The lowest BCUT2D eigenvalue weighted by atomic mass is 10.2. The second-order valence-corrected chi connectivity index (χ2v) is 8.84. The molecule has 0 N–H and O–H groups in total. The average Bonchev–Trinajstić information content (AvgIpc) is 3.38. The fraction of sp³-hybridized carbons (Fsp3) is 0.0455. The maximum atomic E-state index is 13.2. The number of para-hydroxylation sites is 1. The third kappa shape index (κ3) is 4.36. The highest BCUT2D eigenvalue weighted by Crippen LogP contribution is 2.34. The van der Waals surface area contributed by atoms with Gasteiger partial charge in [-0.1, -0.05) is 24.3 Å². The van der Waals surface area contributed by atoms with Gasteiger partial charge in [-0.15, -0.1) is 21.5 Å². The normalized spacial score (nSPS) is 11.1. The summed E-state index contributed by atoms with van der Waals surface area (Å²) in [6.07, 6.45) is 3.00. The van der Waals surface area contributed by atoms with Crippen LogP contribution in [0.25, 0.3) is 17.3 Å². The summed E-state index contributed by atoms with van der Waals surface area (Å²) in [6, 6.07) is 16.9. The van der Waals surface area contributed by atoms with Gasteiger partial charge in [0.15, 0.2) is 10.7 Å². The fourth-order valence-electron chi connectivity index (χ4n) is 3.05. The van der Waals surface area contributed by atoms with Gasteiger partial charge in [0.1, 0.15) is 23.1 Å². The predicted octanol–water partition coefficient (Wildman–Crippen LogP) is 2.11. The molecule has 2 heterocycles. The topological polar surface area (TPSA) is 143 Å². The lowest BCUT2D eigenvalue weighted by Crippen LogP contribution is -2.30. The molecule has 0 saturated heterocycles. The Morgan fingerprint density at radius 3 is 2.56 bits per heavy atom. The van der Waals surface area contributed by atoms with E-state index in [1.165, 1.54) is 23.0 Å². The van der Waals surface area contributed by atoms with E-state index in [2.05, 4.69) is 10.2 Å². The molecule has 12 heteroatoms. The first-order valence-corrected chi connectivity index (χ1v) is 11.2. The van der Waals surface area contributed by atoms with Crippen molar-refractivity contribution < 1.29 is 4.92 Å². The van der Waals surface area contributed by atoms with Crippen LogP contribution >= 0.6 is 23.1 Å². The molecule has 0 aliphatic carbocycles. The molecule has 166 valence electrons. The van der Waals surface area contributed by atoms with Crippen molar-refractivity contribution in [1.29, 1.82) is 10.5 Å². The van der Waals surface area contributed by atoms with E-state index in [1.54, 1.807) is 54.1 Å². The molecule has 4 aromatic rings. The summed E-state index contributed by atoms with van der Waals surface area (Å²) in [4.78, 5) is 24.8. The van der Waals surface area contributed by atoms with Crippen LogP contribution in [0.15, 0.2) is 69.7 Å². The summed E-state index contributed by atoms with van der Waals surface area (Å²) >= 11 is 2.08. The van der Waals surface area contributed by atoms with Crippen molar-refractivity contribution in [1.82, 2.24) is 19.3 Å². The van der Waals surface area contributed by atoms with Gasteiger partial charge in [-0.2, -0.15) is 10.5 Å². The van der Waals surface area contributed by atoms with Crippen molar-refractivity contribution in [3.05, 3.63) is 90.1 Å². The molecule has 0 unspecified atom stereocenters. The molecule has 0 fully saturated rings. The van der Waals surface area contributed by atoms with E-state index < -0.39 is 10.5 Å². The second-order valence-electron chi connectivity index (χ2n) is 6.80. The lowest BCUT2D eigenvalue weighted by molar-refractivity contribution is -0.387. The minimum Gasteiger partial charge on any atom is -0.311 e. The molecular formula is C22H13N7O3S2. The number of thiazole rings is 1. The number of nitro benzene ring substituents is 1. The van der Waals surface area contributed by atoms with Crippen LogP contribution in [-0.2, 0) is 7.05 Å². The van der Waals surface area contributed by atoms with E-state index in [-0.39, 0.29) is 20.5 Å².